The second kappa shape index (κ2) is 11.5. The van der Waals surface area contributed by atoms with Gasteiger partial charge >= 0.3 is 11.9 Å². The average molecular weight is 611 g/mol. The van der Waals surface area contributed by atoms with Gasteiger partial charge in [0, 0.05) is 0 Å². The number of nitrogens with zero attached hydrogens (tertiary/aromatic N) is 1. The van der Waals surface area contributed by atoms with Crippen LogP contribution in [0.5, 0.6) is 11.5 Å². The number of anilines is 1. The third-order valence-electron chi connectivity index (χ3n) is 5.57. The molecule has 10 nitrogen and oxygen atoms in total. The molecule has 3 aromatic rings. The molecule has 0 aromatic heterocycles. The highest BCUT2D eigenvalue weighted by atomic mass is 79.9. The van der Waals surface area contributed by atoms with E-state index >= 15 is 0 Å². The fraction of sp³-hybridized carbons (Fsp3) is 0.0741. The number of carbonyl (C=O) groups is 4. The maximum absolute atomic E-state index is 13.3. The van der Waals surface area contributed by atoms with Crippen LogP contribution in [0.25, 0.3) is 6.08 Å². The topological polar surface area (TPSA) is 142 Å². The van der Waals surface area contributed by atoms with Gasteiger partial charge in [0.15, 0.2) is 16.6 Å². The van der Waals surface area contributed by atoms with Crippen molar-refractivity contribution in [2.45, 2.75) is 6.61 Å². The molecule has 2 amide bonds. The van der Waals surface area contributed by atoms with Crippen LogP contribution in [0.2, 0.25) is 0 Å². The van der Waals surface area contributed by atoms with Gasteiger partial charge in [-0.25, -0.2) is 9.59 Å². The van der Waals surface area contributed by atoms with E-state index in [2.05, 4.69) is 21.2 Å². The molecule has 4 rings (SSSR count). The summed E-state index contributed by atoms with van der Waals surface area (Å²) < 4.78 is 11.8. The molecule has 12 heteroatoms. The number of carboxylic acid groups (broad SMARTS) is 2. The molecule has 0 radical (unpaired) electrons. The van der Waals surface area contributed by atoms with Gasteiger partial charge in [0.25, 0.3) is 11.8 Å². The van der Waals surface area contributed by atoms with Crippen molar-refractivity contribution in [1.29, 1.82) is 0 Å². The van der Waals surface area contributed by atoms with Gasteiger partial charge in [0.2, 0.25) is 0 Å². The van der Waals surface area contributed by atoms with E-state index in [1.807, 2.05) is 0 Å². The number of nitrogens with one attached hydrogen (secondary N) is 1. The number of thiocarbonyl (C=S) groups is 1. The van der Waals surface area contributed by atoms with E-state index in [1.165, 1.54) is 49.6 Å². The number of ether oxygens (including phenoxy) is 2. The number of rotatable bonds is 8. The lowest BCUT2D eigenvalue weighted by Crippen LogP contribution is -2.54. The first kappa shape index (κ1) is 27.5. The van der Waals surface area contributed by atoms with Crippen LogP contribution >= 0.6 is 28.1 Å². The molecule has 0 aliphatic carbocycles. The van der Waals surface area contributed by atoms with Crippen LogP contribution in [0.4, 0.5) is 5.69 Å². The lowest BCUT2D eigenvalue weighted by atomic mass is 10.1. The number of amides is 2. The summed E-state index contributed by atoms with van der Waals surface area (Å²) in [6, 6.07) is 15.1. The Bertz CT molecular complexity index is 1570. The van der Waals surface area contributed by atoms with Crippen molar-refractivity contribution in [2.24, 2.45) is 0 Å². The monoisotopic (exact) mass is 610 g/mol. The molecule has 198 valence electrons. The molecular weight excluding hydrogens is 592 g/mol. The van der Waals surface area contributed by atoms with Crippen LogP contribution in [-0.2, 0) is 16.2 Å². The SMILES string of the molecule is COc1cc(C=C2C(=O)NC(=S)N(c3cccc(C(=O)O)c3)C2=O)cc(Br)c1OCc1cccc(C(=O)O)c1. The Labute approximate surface area is 235 Å². The van der Waals surface area contributed by atoms with Crippen molar-refractivity contribution in [3.8, 4) is 11.5 Å². The van der Waals surface area contributed by atoms with Gasteiger partial charge in [-0.2, -0.15) is 0 Å². The fourth-order valence-electron chi connectivity index (χ4n) is 3.75. The number of carbonyl (C=O) groups excluding carboxylic acids is 2. The first-order valence-electron chi connectivity index (χ1n) is 11.2. The van der Waals surface area contributed by atoms with Crippen LogP contribution in [0.1, 0.15) is 31.8 Å². The van der Waals surface area contributed by atoms with Crippen LogP contribution in [0.15, 0.2) is 70.7 Å². The molecule has 1 heterocycles. The Morgan fingerprint density at radius 2 is 1.69 bits per heavy atom. The van der Waals surface area contributed by atoms with E-state index in [0.29, 0.717) is 21.3 Å². The normalized spacial score (nSPS) is 14.3. The smallest absolute Gasteiger partial charge is 0.335 e. The van der Waals surface area contributed by atoms with Crippen LogP contribution in [0.3, 0.4) is 0 Å². The number of hydrogen-bond acceptors (Lipinski definition) is 7. The quantitative estimate of drug-likeness (QED) is 0.194. The lowest BCUT2D eigenvalue weighted by molar-refractivity contribution is -0.122. The Hall–Kier alpha value is -4.55. The Kier molecular flexibility index (Phi) is 8.07. The van der Waals surface area contributed by atoms with E-state index in [4.69, 9.17) is 21.7 Å². The summed E-state index contributed by atoms with van der Waals surface area (Å²) in [6.45, 7) is 0.0548. The summed E-state index contributed by atoms with van der Waals surface area (Å²) >= 11 is 8.60. The van der Waals surface area contributed by atoms with E-state index < -0.39 is 23.8 Å². The second-order valence-electron chi connectivity index (χ2n) is 8.14. The van der Waals surface area contributed by atoms with Crippen molar-refractivity contribution in [2.75, 3.05) is 12.0 Å². The van der Waals surface area contributed by atoms with Gasteiger partial charge in [-0.3, -0.25) is 19.8 Å². The zero-order valence-electron chi connectivity index (χ0n) is 20.1. The molecule has 0 spiro atoms. The molecule has 0 atom stereocenters. The summed E-state index contributed by atoms with van der Waals surface area (Å²) in [5.74, 6) is -3.07. The lowest BCUT2D eigenvalue weighted by Gasteiger charge is -2.29. The molecule has 1 aliphatic heterocycles. The zero-order chi connectivity index (χ0) is 28.3. The molecule has 0 unspecified atom stereocenters. The van der Waals surface area contributed by atoms with Crippen LogP contribution in [0, 0.1) is 0 Å². The molecular formula is C27H19BrN2O8S. The predicted molar refractivity (Wildman–Crippen MR) is 148 cm³/mol. The number of carboxylic acids is 2. The summed E-state index contributed by atoms with van der Waals surface area (Å²) in [5, 5.41) is 20.8. The van der Waals surface area contributed by atoms with E-state index in [0.717, 1.165) is 4.90 Å². The molecule has 0 saturated carbocycles. The number of hydrogen-bond donors (Lipinski definition) is 3. The minimum Gasteiger partial charge on any atom is -0.493 e. The van der Waals surface area contributed by atoms with Gasteiger partial charge in [0.05, 0.1) is 28.4 Å². The predicted octanol–water partition coefficient (Wildman–Crippen LogP) is 4.26. The van der Waals surface area contributed by atoms with Gasteiger partial charge in [-0.1, -0.05) is 18.2 Å². The summed E-state index contributed by atoms with van der Waals surface area (Å²) in [7, 11) is 1.42. The van der Waals surface area contributed by atoms with Crippen molar-refractivity contribution in [3.05, 3.63) is 93.0 Å². The zero-order valence-corrected chi connectivity index (χ0v) is 22.5. The minimum atomic E-state index is -1.18. The van der Waals surface area contributed by atoms with E-state index in [9.17, 15) is 29.4 Å². The Balaban J connectivity index is 1.64. The minimum absolute atomic E-state index is 0.0514. The highest BCUT2D eigenvalue weighted by Crippen LogP contribution is 2.38. The van der Waals surface area contributed by atoms with Crippen molar-refractivity contribution in [1.82, 2.24) is 5.32 Å². The molecule has 39 heavy (non-hydrogen) atoms. The summed E-state index contributed by atoms with van der Waals surface area (Å²) in [4.78, 5) is 49.7. The standard InChI is InChI=1S/C27H19BrN2O8S/c1-37-21-11-15(10-20(28)22(21)38-13-14-4-2-5-16(8-14)25(33)34)9-19-23(31)29-27(39)30(24(19)32)18-7-3-6-17(12-18)26(35)36/h2-12H,13H2,1H3,(H,33,34)(H,35,36)(H,29,31,39). The third-order valence-corrected chi connectivity index (χ3v) is 6.45. The third kappa shape index (κ3) is 5.97. The Morgan fingerprint density at radius 3 is 2.36 bits per heavy atom. The fourth-order valence-corrected chi connectivity index (χ4v) is 4.60. The number of aromatic carboxylic acids is 2. The van der Waals surface area contributed by atoms with E-state index in [1.54, 1.807) is 24.3 Å². The van der Waals surface area contributed by atoms with Crippen molar-refractivity contribution >= 4 is 68.8 Å². The number of benzene rings is 3. The summed E-state index contributed by atoms with van der Waals surface area (Å²) in [6.07, 6.45) is 1.35. The van der Waals surface area contributed by atoms with Crippen LogP contribution in [-0.4, -0.2) is 46.2 Å². The van der Waals surface area contributed by atoms with Gasteiger partial charge < -0.3 is 19.7 Å². The van der Waals surface area contributed by atoms with E-state index in [-0.39, 0.29) is 39.9 Å². The average Bonchev–Trinajstić information content (AvgIpc) is 2.90. The molecule has 3 aromatic carbocycles. The first-order chi connectivity index (χ1) is 18.6. The maximum atomic E-state index is 13.3. The maximum Gasteiger partial charge on any atom is 0.335 e. The highest BCUT2D eigenvalue weighted by molar-refractivity contribution is 9.10. The van der Waals surface area contributed by atoms with Gasteiger partial charge in [0.1, 0.15) is 12.2 Å². The highest BCUT2D eigenvalue weighted by Gasteiger charge is 2.35. The van der Waals surface area contributed by atoms with Gasteiger partial charge in [-0.05, 0) is 87.8 Å². The number of halogens is 1. The molecule has 0 bridgehead atoms. The first-order valence-corrected chi connectivity index (χ1v) is 12.4. The molecule has 1 saturated heterocycles. The van der Waals surface area contributed by atoms with Crippen molar-refractivity contribution in [3.63, 3.8) is 0 Å². The molecule has 3 N–H and O–H groups in total. The summed E-state index contributed by atoms with van der Waals surface area (Å²) in [5.41, 5.74) is 1.07. The second-order valence-corrected chi connectivity index (χ2v) is 9.38. The van der Waals surface area contributed by atoms with Crippen molar-refractivity contribution < 1.29 is 38.9 Å². The Morgan fingerprint density at radius 1 is 1.03 bits per heavy atom. The molecule has 1 aliphatic rings. The molecule has 1 fully saturated rings. The van der Waals surface area contributed by atoms with Crippen LogP contribution < -0.4 is 19.7 Å². The van der Waals surface area contributed by atoms with Gasteiger partial charge in [-0.15, -0.1) is 0 Å². The number of methoxy groups -OCH3 is 1. The largest absolute Gasteiger partial charge is 0.493 e.